The summed E-state index contributed by atoms with van der Waals surface area (Å²) in [5.74, 6) is 1.69. The zero-order valence-electron chi connectivity index (χ0n) is 28.0. The first-order valence-electron chi connectivity index (χ1n) is 16.3. The quantitative estimate of drug-likeness (QED) is 0.211. The van der Waals surface area contributed by atoms with Crippen LogP contribution in [0.5, 0.6) is 11.5 Å². The fourth-order valence-electron chi connectivity index (χ4n) is 5.88. The number of hydrogen-bond acceptors (Lipinski definition) is 14. The van der Waals surface area contributed by atoms with Crippen molar-refractivity contribution >= 4 is 66.7 Å². The van der Waals surface area contributed by atoms with Crippen LogP contribution in [0.25, 0.3) is 11.2 Å². The molecule has 274 valence electrons. The molecule has 0 spiro atoms. The maximum Gasteiger partial charge on any atom is 0.306 e. The highest BCUT2D eigenvalue weighted by Gasteiger charge is 2.29. The molecule has 1 aromatic carbocycles. The standard InChI is InChI=1S/C30H38BrN7O6S.CH4O3S/c1-19(44-25(39)3-2-7-36-11-13-41-14-12-36)29(40)37-8-4-20(5-9-37)6-10-38-28-26(27(32)33-17-34-28)35-30(38)45-24-16-23-22(15-21(24)31)42-18-43-23;1-5(2,3)4/h15-17,19-20H,2-14,18H2,1H3,(H2,32,33,34);1H3,(H,2,3,4)/t19-;/m0./s1. The van der Waals surface area contributed by atoms with Crippen LogP contribution in [0.15, 0.2) is 33.0 Å². The first-order valence-corrected chi connectivity index (χ1v) is 19.8. The Labute approximate surface area is 303 Å². The highest BCUT2D eigenvalue weighted by molar-refractivity contribution is 9.10. The van der Waals surface area contributed by atoms with Gasteiger partial charge in [-0.3, -0.25) is 19.0 Å². The number of piperidine rings is 1. The third kappa shape index (κ3) is 10.6. The number of fused-ring (bicyclic) bond motifs is 2. The molecule has 2 saturated heterocycles. The Bertz CT molecular complexity index is 1760. The number of ether oxygens (including phenoxy) is 4. The van der Waals surface area contributed by atoms with E-state index >= 15 is 0 Å². The van der Waals surface area contributed by atoms with Crippen molar-refractivity contribution in [1.29, 1.82) is 0 Å². The monoisotopic (exact) mass is 799 g/mol. The maximum absolute atomic E-state index is 13.1. The normalized spacial score (nSPS) is 17.3. The number of carbonyl (C=O) groups excluding carboxylic acids is 2. The lowest BCUT2D eigenvalue weighted by Gasteiger charge is -2.33. The van der Waals surface area contributed by atoms with Gasteiger partial charge in [0.1, 0.15) is 6.33 Å². The summed E-state index contributed by atoms with van der Waals surface area (Å²) >= 11 is 5.14. The molecule has 3 aliphatic rings. The minimum absolute atomic E-state index is 0.129. The lowest BCUT2D eigenvalue weighted by Crippen LogP contribution is -2.44. The van der Waals surface area contributed by atoms with Crippen molar-refractivity contribution < 1.29 is 41.5 Å². The lowest BCUT2D eigenvalue weighted by atomic mass is 9.93. The van der Waals surface area contributed by atoms with E-state index in [1.54, 1.807) is 6.92 Å². The first-order chi connectivity index (χ1) is 23.9. The summed E-state index contributed by atoms with van der Waals surface area (Å²) in [6.07, 6.45) is 5.04. The molecule has 1 atom stereocenters. The van der Waals surface area contributed by atoms with Crippen molar-refractivity contribution in [2.45, 2.75) is 61.7 Å². The number of morpholine rings is 1. The van der Waals surface area contributed by atoms with Gasteiger partial charge in [-0.05, 0) is 73.1 Å². The molecule has 0 unspecified atom stereocenters. The minimum Gasteiger partial charge on any atom is -0.454 e. The minimum atomic E-state index is -3.67. The highest BCUT2D eigenvalue weighted by atomic mass is 79.9. The van der Waals surface area contributed by atoms with Gasteiger partial charge in [0, 0.05) is 48.5 Å². The molecule has 0 aliphatic carbocycles. The predicted octanol–water partition coefficient (Wildman–Crippen LogP) is 3.23. The van der Waals surface area contributed by atoms with Crippen LogP contribution in [0.4, 0.5) is 5.82 Å². The molecule has 2 fully saturated rings. The molecular weight excluding hydrogens is 758 g/mol. The Hall–Kier alpha value is -3.23. The van der Waals surface area contributed by atoms with Crippen molar-refractivity contribution in [3.8, 4) is 11.5 Å². The Morgan fingerprint density at radius 2 is 1.80 bits per heavy atom. The van der Waals surface area contributed by atoms with E-state index < -0.39 is 16.2 Å². The molecule has 1 amide bonds. The van der Waals surface area contributed by atoms with Crippen LogP contribution in [0.2, 0.25) is 0 Å². The summed E-state index contributed by atoms with van der Waals surface area (Å²) in [5.41, 5.74) is 7.43. The summed E-state index contributed by atoms with van der Waals surface area (Å²) in [6.45, 7) is 7.90. The number of anilines is 1. The van der Waals surface area contributed by atoms with Crippen molar-refractivity contribution in [2.24, 2.45) is 5.92 Å². The zero-order valence-corrected chi connectivity index (χ0v) is 31.2. The van der Waals surface area contributed by atoms with Crippen LogP contribution in [-0.2, 0) is 35.7 Å². The van der Waals surface area contributed by atoms with Gasteiger partial charge < -0.3 is 34.1 Å². The van der Waals surface area contributed by atoms with Gasteiger partial charge in [0.2, 0.25) is 6.79 Å². The van der Waals surface area contributed by atoms with Crippen LogP contribution in [0, 0.1) is 5.92 Å². The molecule has 16 nitrogen and oxygen atoms in total. The van der Waals surface area contributed by atoms with Crippen LogP contribution in [-0.4, -0.2) is 119 Å². The van der Waals surface area contributed by atoms with Crippen molar-refractivity contribution in [3.63, 3.8) is 0 Å². The Morgan fingerprint density at radius 3 is 2.50 bits per heavy atom. The molecule has 0 saturated carbocycles. The number of benzene rings is 1. The van der Waals surface area contributed by atoms with Gasteiger partial charge >= 0.3 is 5.97 Å². The topological polar surface area (TPSA) is 202 Å². The van der Waals surface area contributed by atoms with E-state index in [2.05, 4.69) is 35.4 Å². The fraction of sp³-hybridized carbons (Fsp3) is 0.581. The lowest BCUT2D eigenvalue weighted by molar-refractivity contribution is -0.160. The predicted molar refractivity (Wildman–Crippen MR) is 188 cm³/mol. The van der Waals surface area contributed by atoms with Gasteiger partial charge in [-0.15, -0.1) is 0 Å². The van der Waals surface area contributed by atoms with Crippen LogP contribution in [0.3, 0.4) is 0 Å². The van der Waals surface area contributed by atoms with Gasteiger partial charge in [0.05, 0.1) is 19.5 Å². The number of aryl methyl sites for hydroxylation is 1. The van der Waals surface area contributed by atoms with Gasteiger partial charge in [0.25, 0.3) is 16.0 Å². The highest BCUT2D eigenvalue weighted by Crippen LogP contribution is 2.43. The van der Waals surface area contributed by atoms with Gasteiger partial charge in [-0.25, -0.2) is 15.0 Å². The summed E-state index contributed by atoms with van der Waals surface area (Å²) in [5, 5.41) is 0.755. The molecule has 5 heterocycles. The third-order valence-electron chi connectivity index (χ3n) is 8.46. The van der Waals surface area contributed by atoms with E-state index in [1.807, 2.05) is 17.0 Å². The number of amides is 1. The van der Waals surface area contributed by atoms with Crippen molar-refractivity contribution in [2.75, 3.05) is 64.7 Å². The molecule has 50 heavy (non-hydrogen) atoms. The second-order valence-electron chi connectivity index (χ2n) is 12.2. The first kappa shape index (κ1) is 38.0. The summed E-state index contributed by atoms with van der Waals surface area (Å²) in [6, 6.07) is 3.84. The Balaban J connectivity index is 0.000000908. The SMILES string of the molecule is CS(=O)(=O)O.C[C@H](OC(=O)CCCN1CCOCC1)C(=O)N1CCC(CCn2c(Sc3cc4c(cc3Br)OCO4)nc3c(N)ncnc32)CC1. The fourth-order valence-corrected chi connectivity index (χ4v) is 7.39. The number of aromatic nitrogens is 4. The molecule has 3 aromatic rings. The van der Waals surface area contributed by atoms with Gasteiger partial charge in [0.15, 0.2) is 39.7 Å². The molecule has 3 aliphatic heterocycles. The molecule has 3 N–H and O–H groups in total. The molecule has 2 aromatic heterocycles. The molecule has 0 bridgehead atoms. The Kier molecular flexibility index (Phi) is 13.2. The van der Waals surface area contributed by atoms with Crippen LogP contribution in [0.1, 0.15) is 39.0 Å². The molecular formula is C31H42BrN7O9S2. The molecule has 6 rings (SSSR count). The van der Waals surface area contributed by atoms with Gasteiger partial charge in [-0.1, -0.05) is 11.8 Å². The number of imidazole rings is 1. The number of rotatable bonds is 11. The number of hydrogen-bond donors (Lipinski definition) is 2. The number of likely N-dealkylation sites (tertiary alicyclic amines) is 1. The summed E-state index contributed by atoms with van der Waals surface area (Å²) in [7, 11) is -3.67. The maximum atomic E-state index is 13.1. The number of halogens is 1. The largest absolute Gasteiger partial charge is 0.454 e. The van der Waals surface area contributed by atoms with E-state index in [0.717, 1.165) is 66.6 Å². The number of nitrogens with zero attached hydrogens (tertiary/aromatic N) is 6. The number of nitrogen functional groups attached to an aromatic ring is 1. The number of esters is 1. The molecule has 19 heteroatoms. The van der Waals surface area contributed by atoms with Gasteiger partial charge in [-0.2, -0.15) is 8.42 Å². The van der Waals surface area contributed by atoms with Crippen LogP contribution < -0.4 is 15.2 Å². The number of nitrogens with two attached hydrogens (primary N) is 1. The zero-order chi connectivity index (χ0) is 35.8. The van der Waals surface area contributed by atoms with Crippen molar-refractivity contribution in [1.82, 2.24) is 29.3 Å². The Morgan fingerprint density at radius 1 is 1.12 bits per heavy atom. The second kappa shape index (κ2) is 17.3. The van der Waals surface area contributed by atoms with E-state index in [9.17, 15) is 18.0 Å². The average Bonchev–Trinajstić information content (AvgIpc) is 3.68. The average molecular weight is 801 g/mol. The van der Waals surface area contributed by atoms with E-state index in [1.165, 1.54) is 18.1 Å². The molecule has 0 radical (unpaired) electrons. The van der Waals surface area contributed by atoms with E-state index in [-0.39, 0.29) is 18.7 Å². The van der Waals surface area contributed by atoms with E-state index in [4.69, 9.17) is 34.2 Å². The summed E-state index contributed by atoms with van der Waals surface area (Å²) < 4.78 is 50.8. The third-order valence-corrected chi connectivity index (χ3v) is 10.4. The van der Waals surface area contributed by atoms with Crippen LogP contribution >= 0.6 is 27.7 Å². The van der Waals surface area contributed by atoms with E-state index in [0.29, 0.717) is 73.1 Å². The van der Waals surface area contributed by atoms with Crippen molar-refractivity contribution in [3.05, 3.63) is 22.9 Å². The second-order valence-corrected chi connectivity index (χ2v) is 15.5. The smallest absolute Gasteiger partial charge is 0.306 e. The number of carbonyl (C=O) groups is 2. The summed E-state index contributed by atoms with van der Waals surface area (Å²) in [4.78, 5) is 43.9.